The summed E-state index contributed by atoms with van der Waals surface area (Å²) in [5.74, 6) is -2.61. The molecule has 0 atom stereocenters. The van der Waals surface area contributed by atoms with Crippen molar-refractivity contribution in [2.24, 2.45) is 0 Å². The molecule has 134 valence electrons. The summed E-state index contributed by atoms with van der Waals surface area (Å²) in [7, 11) is 0. The van der Waals surface area contributed by atoms with Crippen molar-refractivity contribution in [3.05, 3.63) is 74.3 Å². The molecule has 3 nitrogen and oxygen atoms in total. The van der Waals surface area contributed by atoms with Gasteiger partial charge in [-0.2, -0.15) is 8.78 Å². The van der Waals surface area contributed by atoms with Crippen LogP contribution in [0.2, 0.25) is 0 Å². The summed E-state index contributed by atoms with van der Waals surface area (Å²) < 4.78 is 25.7. The smallest absolute Gasteiger partial charge is 0.288 e. The Labute approximate surface area is 171 Å². The van der Waals surface area contributed by atoms with E-state index in [-0.39, 0.29) is 5.91 Å². The first kappa shape index (κ1) is 19.2. The number of thioether (sulfide) groups is 1. The molecule has 0 saturated heterocycles. The molecule has 0 unspecified atom stereocenters. The zero-order valence-corrected chi connectivity index (χ0v) is 17.1. The highest BCUT2D eigenvalue weighted by atomic mass is 127. The highest BCUT2D eigenvalue weighted by Crippen LogP contribution is 2.27. The van der Waals surface area contributed by atoms with Gasteiger partial charge < -0.3 is 0 Å². The molecule has 1 N–H and O–H groups in total. The van der Waals surface area contributed by atoms with Gasteiger partial charge in [-0.25, -0.2) is 4.98 Å². The Morgan fingerprint density at radius 3 is 2.50 bits per heavy atom. The van der Waals surface area contributed by atoms with Crippen molar-refractivity contribution in [2.45, 2.75) is 17.1 Å². The summed E-state index contributed by atoms with van der Waals surface area (Å²) in [5, 5.41) is 3.33. The molecule has 0 radical (unpaired) electrons. The average Bonchev–Trinajstić information content (AvgIpc) is 3.03. The van der Waals surface area contributed by atoms with E-state index in [4.69, 9.17) is 0 Å². The molecule has 1 aromatic heterocycles. The van der Waals surface area contributed by atoms with Gasteiger partial charge in [0.15, 0.2) is 5.13 Å². The summed E-state index contributed by atoms with van der Waals surface area (Å²) >= 11 is 4.12. The van der Waals surface area contributed by atoms with Gasteiger partial charge in [0.1, 0.15) is 0 Å². The SMILES string of the molecule is O=C(Nc1ncc(Cc2ccc(SC(F)F)cc2)s1)c1ccc(I)cc1. The number of benzene rings is 2. The molecule has 0 aliphatic rings. The second-order valence-corrected chi connectivity index (χ2v) is 8.72. The third-order valence-corrected chi connectivity index (χ3v) is 5.76. The van der Waals surface area contributed by atoms with E-state index in [1.165, 1.54) is 11.3 Å². The molecule has 3 rings (SSSR count). The molecular formula is C18H13F2IN2OS2. The lowest BCUT2D eigenvalue weighted by Crippen LogP contribution is -2.11. The van der Waals surface area contributed by atoms with Crippen molar-refractivity contribution >= 4 is 56.7 Å². The van der Waals surface area contributed by atoms with Crippen molar-refractivity contribution < 1.29 is 13.6 Å². The van der Waals surface area contributed by atoms with Crippen LogP contribution in [0.5, 0.6) is 0 Å². The first-order chi connectivity index (χ1) is 12.5. The van der Waals surface area contributed by atoms with Crippen LogP contribution in [0.1, 0.15) is 20.8 Å². The molecule has 0 aliphatic heterocycles. The van der Waals surface area contributed by atoms with Crippen molar-refractivity contribution in [3.8, 4) is 0 Å². The molecule has 0 aliphatic carbocycles. The van der Waals surface area contributed by atoms with Crippen molar-refractivity contribution in [3.63, 3.8) is 0 Å². The Kier molecular flexibility index (Phi) is 6.60. The fourth-order valence-corrected chi connectivity index (χ4v) is 3.91. The van der Waals surface area contributed by atoms with E-state index in [9.17, 15) is 13.6 Å². The summed E-state index contributed by atoms with van der Waals surface area (Å²) in [4.78, 5) is 18.0. The van der Waals surface area contributed by atoms with Crippen LogP contribution in [0.3, 0.4) is 0 Å². The zero-order chi connectivity index (χ0) is 18.5. The van der Waals surface area contributed by atoms with E-state index in [1.807, 2.05) is 24.3 Å². The number of halogens is 3. The Morgan fingerprint density at radius 1 is 1.15 bits per heavy atom. The third-order valence-electron chi connectivity index (χ3n) is 3.41. The number of nitrogens with zero attached hydrogens (tertiary/aromatic N) is 1. The normalized spacial score (nSPS) is 10.9. The highest BCUT2D eigenvalue weighted by molar-refractivity contribution is 14.1. The van der Waals surface area contributed by atoms with Gasteiger partial charge in [-0.05, 0) is 64.6 Å². The molecule has 0 fully saturated rings. The van der Waals surface area contributed by atoms with Crippen molar-refractivity contribution in [1.82, 2.24) is 4.98 Å². The first-order valence-electron chi connectivity index (χ1n) is 7.55. The fraction of sp³-hybridized carbons (Fsp3) is 0.111. The molecule has 0 bridgehead atoms. The Balaban J connectivity index is 1.60. The van der Waals surface area contributed by atoms with E-state index in [0.717, 1.165) is 14.0 Å². The van der Waals surface area contributed by atoms with Crippen molar-refractivity contribution in [2.75, 3.05) is 5.32 Å². The van der Waals surface area contributed by atoms with E-state index >= 15 is 0 Å². The first-order valence-corrected chi connectivity index (χ1v) is 10.3. The molecule has 2 aromatic carbocycles. The standard InChI is InChI=1S/C18H13F2IN2OS2/c19-17(20)25-14-7-1-11(2-8-14)9-15-10-22-18(26-15)23-16(24)12-3-5-13(21)6-4-12/h1-8,10,17H,9H2,(H,22,23,24). The Hall–Kier alpha value is -1.52. The largest absolute Gasteiger partial charge is 0.298 e. The second-order valence-electron chi connectivity index (χ2n) is 5.29. The van der Waals surface area contributed by atoms with Crippen LogP contribution in [0.4, 0.5) is 13.9 Å². The average molecular weight is 502 g/mol. The molecule has 1 amide bonds. The number of anilines is 1. The van der Waals surface area contributed by atoms with Gasteiger partial charge in [-0.15, -0.1) is 11.3 Å². The van der Waals surface area contributed by atoms with E-state index < -0.39 is 5.76 Å². The van der Waals surface area contributed by atoms with Crippen LogP contribution in [-0.4, -0.2) is 16.6 Å². The highest BCUT2D eigenvalue weighted by Gasteiger charge is 2.10. The number of hydrogen-bond acceptors (Lipinski definition) is 4. The molecule has 0 spiro atoms. The summed E-state index contributed by atoms with van der Waals surface area (Å²) in [5.41, 5.74) is 1.58. The summed E-state index contributed by atoms with van der Waals surface area (Å²) in [6, 6.07) is 14.3. The number of hydrogen-bond donors (Lipinski definition) is 1. The number of amides is 1. The molecule has 26 heavy (non-hydrogen) atoms. The van der Waals surface area contributed by atoms with E-state index in [0.29, 0.717) is 33.8 Å². The number of thiazole rings is 1. The maximum atomic E-state index is 12.3. The fourth-order valence-electron chi connectivity index (χ4n) is 2.21. The van der Waals surface area contributed by atoms with E-state index in [1.54, 1.807) is 30.5 Å². The minimum atomic E-state index is -2.42. The van der Waals surface area contributed by atoms with E-state index in [2.05, 4.69) is 32.9 Å². The topological polar surface area (TPSA) is 42.0 Å². The predicted octanol–water partition coefficient (Wildman–Crippen LogP) is 5.91. The minimum Gasteiger partial charge on any atom is -0.298 e. The molecule has 1 heterocycles. The monoisotopic (exact) mass is 502 g/mol. The van der Waals surface area contributed by atoms with Gasteiger partial charge in [0.05, 0.1) is 0 Å². The van der Waals surface area contributed by atoms with Crippen LogP contribution < -0.4 is 5.32 Å². The Morgan fingerprint density at radius 2 is 1.85 bits per heavy atom. The maximum absolute atomic E-state index is 12.3. The number of alkyl halides is 2. The van der Waals surface area contributed by atoms with Gasteiger partial charge in [0.2, 0.25) is 0 Å². The van der Waals surface area contributed by atoms with Crippen LogP contribution >= 0.6 is 45.7 Å². The van der Waals surface area contributed by atoms with Crippen LogP contribution in [-0.2, 0) is 6.42 Å². The number of nitrogens with one attached hydrogen (secondary N) is 1. The van der Waals surface area contributed by atoms with Crippen LogP contribution in [0, 0.1) is 3.57 Å². The van der Waals surface area contributed by atoms with Gasteiger partial charge >= 0.3 is 0 Å². The molecule has 0 saturated carbocycles. The molecule has 8 heteroatoms. The number of carbonyl (C=O) groups excluding carboxylic acids is 1. The molecule has 3 aromatic rings. The lowest BCUT2D eigenvalue weighted by atomic mass is 10.1. The summed E-state index contributed by atoms with van der Waals surface area (Å²) in [6.07, 6.45) is 2.35. The predicted molar refractivity (Wildman–Crippen MR) is 110 cm³/mol. The number of aromatic nitrogens is 1. The van der Waals surface area contributed by atoms with Gasteiger partial charge in [0.25, 0.3) is 11.7 Å². The number of carbonyl (C=O) groups is 1. The second kappa shape index (κ2) is 8.92. The van der Waals surface area contributed by atoms with Crippen LogP contribution in [0.25, 0.3) is 0 Å². The van der Waals surface area contributed by atoms with Crippen LogP contribution in [0.15, 0.2) is 59.6 Å². The summed E-state index contributed by atoms with van der Waals surface area (Å²) in [6.45, 7) is 0. The number of rotatable bonds is 6. The van der Waals surface area contributed by atoms with Crippen molar-refractivity contribution in [1.29, 1.82) is 0 Å². The van der Waals surface area contributed by atoms with Gasteiger partial charge in [0, 0.05) is 31.5 Å². The van der Waals surface area contributed by atoms with Gasteiger partial charge in [-0.3, -0.25) is 10.1 Å². The quantitative estimate of drug-likeness (QED) is 0.337. The third kappa shape index (κ3) is 5.49. The zero-order valence-electron chi connectivity index (χ0n) is 13.3. The lowest BCUT2D eigenvalue weighted by Gasteiger charge is -2.03. The Bertz CT molecular complexity index is 883. The molecular weight excluding hydrogens is 489 g/mol. The lowest BCUT2D eigenvalue weighted by molar-refractivity contribution is 0.102. The van der Waals surface area contributed by atoms with Gasteiger partial charge in [-0.1, -0.05) is 23.9 Å². The minimum absolute atomic E-state index is 0.198. The maximum Gasteiger partial charge on any atom is 0.288 e.